The minimum atomic E-state index is -0.749. The molecule has 0 atom stereocenters. The van der Waals surface area contributed by atoms with E-state index in [0.717, 1.165) is 5.56 Å². The molecule has 0 radical (unpaired) electrons. The first-order chi connectivity index (χ1) is 12.0. The normalized spacial score (nSPS) is 9.96. The van der Waals surface area contributed by atoms with E-state index in [1.54, 1.807) is 0 Å². The van der Waals surface area contributed by atoms with Crippen molar-refractivity contribution in [2.24, 2.45) is 0 Å². The zero-order valence-electron chi connectivity index (χ0n) is 13.1. The van der Waals surface area contributed by atoms with Gasteiger partial charge in [0.1, 0.15) is 0 Å². The molecule has 0 saturated heterocycles. The van der Waals surface area contributed by atoms with Crippen LogP contribution in [0.5, 0.6) is 0 Å². The zero-order valence-corrected chi connectivity index (χ0v) is 13.9. The zero-order chi connectivity index (χ0) is 18.2. The molecule has 0 heterocycles. The molecule has 4 N–H and O–H groups in total. The lowest BCUT2D eigenvalue weighted by Crippen LogP contribution is -2.41. The van der Waals surface area contributed by atoms with Crippen LogP contribution in [0.3, 0.4) is 0 Å². The van der Waals surface area contributed by atoms with E-state index in [-0.39, 0.29) is 17.8 Å². The average molecular weight is 362 g/mol. The third-order valence-electron chi connectivity index (χ3n) is 3.11. The Labute approximate surface area is 149 Å². The van der Waals surface area contributed by atoms with Crippen LogP contribution < -0.4 is 16.4 Å². The Hall–Kier alpha value is -3.06. The molecule has 8 heteroatoms. The van der Waals surface area contributed by atoms with Crippen molar-refractivity contribution in [1.82, 2.24) is 10.6 Å². The Kier molecular flexibility index (Phi) is 6.36. The summed E-state index contributed by atoms with van der Waals surface area (Å²) < 4.78 is 4.82. The minimum absolute atomic E-state index is 0.156. The van der Waals surface area contributed by atoms with Crippen molar-refractivity contribution < 1.29 is 19.1 Å². The number of esters is 1. The number of urea groups is 1. The van der Waals surface area contributed by atoms with Crippen LogP contribution in [0.15, 0.2) is 48.5 Å². The number of nitrogens with two attached hydrogens (primary N) is 1. The van der Waals surface area contributed by atoms with Crippen molar-refractivity contribution in [3.63, 3.8) is 0 Å². The molecule has 2 aromatic carbocycles. The molecule has 0 unspecified atom stereocenters. The first kappa shape index (κ1) is 18.3. The lowest BCUT2D eigenvalue weighted by atomic mass is 10.2. The largest absolute Gasteiger partial charge is 0.452 e. The van der Waals surface area contributed by atoms with E-state index in [9.17, 15) is 14.4 Å². The Bertz CT molecular complexity index is 781. The van der Waals surface area contributed by atoms with Crippen LogP contribution in [0.25, 0.3) is 0 Å². The van der Waals surface area contributed by atoms with Gasteiger partial charge in [0.2, 0.25) is 0 Å². The molecule has 0 aliphatic rings. The summed E-state index contributed by atoms with van der Waals surface area (Å²) in [4.78, 5) is 35.0. The van der Waals surface area contributed by atoms with E-state index < -0.39 is 24.5 Å². The molecule has 2 rings (SSSR count). The quantitative estimate of drug-likeness (QED) is 0.558. The standard InChI is InChI=1S/C17H16ClN3O4/c18-13-7-6-12(8-14(13)19)16(23)25-10-15(22)21-17(24)20-9-11-4-2-1-3-5-11/h1-8H,9-10,19H2,(H2,20,21,22,24). The lowest BCUT2D eigenvalue weighted by Gasteiger charge is -2.08. The van der Waals surface area contributed by atoms with Gasteiger partial charge in [-0.2, -0.15) is 0 Å². The fourth-order valence-electron chi connectivity index (χ4n) is 1.87. The second-order valence-electron chi connectivity index (χ2n) is 5.03. The number of imide groups is 1. The molecule has 3 amide bonds. The minimum Gasteiger partial charge on any atom is -0.452 e. The fourth-order valence-corrected chi connectivity index (χ4v) is 1.99. The van der Waals surface area contributed by atoms with E-state index in [1.165, 1.54) is 18.2 Å². The maximum Gasteiger partial charge on any atom is 0.338 e. The molecule has 0 bridgehead atoms. The first-order valence-corrected chi connectivity index (χ1v) is 7.67. The van der Waals surface area contributed by atoms with Crippen LogP contribution in [0.2, 0.25) is 5.02 Å². The van der Waals surface area contributed by atoms with Gasteiger partial charge in [0, 0.05) is 6.54 Å². The van der Waals surface area contributed by atoms with E-state index >= 15 is 0 Å². The smallest absolute Gasteiger partial charge is 0.338 e. The van der Waals surface area contributed by atoms with Gasteiger partial charge in [-0.25, -0.2) is 9.59 Å². The number of benzene rings is 2. The summed E-state index contributed by atoms with van der Waals surface area (Å²) in [6.45, 7) is -0.329. The molecule has 130 valence electrons. The molecule has 0 aromatic heterocycles. The molecule has 0 aliphatic heterocycles. The van der Waals surface area contributed by atoms with Gasteiger partial charge in [0.15, 0.2) is 6.61 Å². The number of anilines is 1. The van der Waals surface area contributed by atoms with Gasteiger partial charge in [0.05, 0.1) is 16.3 Å². The summed E-state index contributed by atoms with van der Waals surface area (Å²) in [5, 5.41) is 4.90. The summed E-state index contributed by atoms with van der Waals surface area (Å²) in [7, 11) is 0. The van der Waals surface area contributed by atoms with Gasteiger partial charge in [-0.1, -0.05) is 41.9 Å². The highest BCUT2D eigenvalue weighted by atomic mass is 35.5. The maximum atomic E-state index is 11.8. The average Bonchev–Trinajstić information content (AvgIpc) is 2.61. The Balaban J connectivity index is 1.75. The molecule has 25 heavy (non-hydrogen) atoms. The Morgan fingerprint density at radius 3 is 2.48 bits per heavy atom. The van der Waals surface area contributed by atoms with Crippen LogP contribution in [0.4, 0.5) is 10.5 Å². The van der Waals surface area contributed by atoms with Crippen molar-refractivity contribution in [3.8, 4) is 0 Å². The highest BCUT2D eigenvalue weighted by molar-refractivity contribution is 6.33. The van der Waals surface area contributed by atoms with Gasteiger partial charge in [0.25, 0.3) is 5.91 Å². The molecule has 0 fully saturated rings. The number of nitrogen functional groups attached to an aromatic ring is 1. The van der Waals surface area contributed by atoms with Gasteiger partial charge in [-0.05, 0) is 23.8 Å². The van der Waals surface area contributed by atoms with Crippen LogP contribution in [0, 0.1) is 0 Å². The lowest BCUT2D eigenvalue weighted by molar-refractivity contribution is -0.123. The SMILES string of the molecule is Nc1cc(C(=O)OCC(=O)NC(=O)NCc2ccccc2)ccc1Cl. The molecule has 2 aromatic rings. The number of hydrogen-bond donors (Lipinski definition) is 3. The molecule has 7 nitrogen and oxygen atoms in total. The third kappa shape index (κ3) is 5.82. The summed E-state index contributed by atoms with van der Waals surface area (Å²) in [6, 6.07) is 12.7. The molecule has 0 saturated carbocycles. The van der Waals surface area contributed by atoms with Gasteiger partial charge in [-0.3, -0.25) is 10.1 Å². The van der Waals surface area contributed by atoms with E-state index in [2.05, 4.69) is 10.6 Å². The van der Waals surface area contributed by atoms with Gasteiger partial charge in [-0.15, -0.1) is 0 Å². The number of nitrogens with one attached hydrogen (secondary N) is 2. The number of carbonyl (C=O) groups excluding carboxylic acids is 3. The number of carbonyl (C=O) groups is 3. The predicted octanol–water partition coefficient (Wildman–Crippen LogP) is 2.10. The fraction of sp³-hybridized carbons (Fsp3) is 0.118. The van der Waals surface area contributed by atoms with Gasteiger partial charge >= 0.3 is 12.0 Å². The van der Waals surface area contributed by atoms with Gasteiger partial charge < -0.3 is 15.8 Å². The van der Waals surface area contributed by atoms with Crippen LogP contribution in [-0.4, -0.2) is 24.5 Å². The maximum absolute atomic E-state index is 11.8. The number of amides is 3. The summed E-state index contributed by atoms with van der Waals surface area (Å²) in [6.07, 6.45) is 0. The number of halogens is 1. The number of hydrogen-bond acceptors (Lipinski definition) is 5. The Morgan fingerprint density at radius 1 is 1.08 bits per heavy atom. The topological polar surface area (TPSA) is 111 Å². The summed E-state index contributed by atoms with van der Waals surface area (Å²) in [5.41, 5.74) is 6.85. The monoisotopic (exact) mass is 361 g/mol. The van der Waals surface area contributed by atoms with E-state index in [0.29, 0.717) is 5.02 Å². The van der Waals surface area contributed by atoms with Crippen LogP contribution in [-0.2, 0) is 16.1 Å². The molecular weight excluding hydrogens is 346 g/mol. The Morgan fingerprint density at radius 2 is 1.80 bits per heavy atom. The van der Waals surface area contributed by atoms with Crippen molar-refractivity contribution in [2.75, 3.05) is 12.3 Å². The molecular formula is C17H16ClN3O4. The summed E-state index contributed by atoms with van der Waals surface area (Å²) in [5.74, 6) is -1.50. The number of ether oxygens (including phenoxy) is 1. The van der Waals surface area contributed by atoms with Crippen LogP contribution >= 0.6 is 11.6 Å². The number of rotatable bonds is 5. The van der Waals surface area contributed by atoms with Crippen molar-refractivity contribution >= 4 is 35.2 Å². The second kappa shape index (κ2) is 8.70. The van der Waals surface area contributed by atoms with E-state index in [1.807, 2.05) is 30.3 Å². The molecule has 0 spiro atoms. The van der Waals surface area contributed by atoms with Crippen LogP contribution in [0.1, 0.15) is 15.9 Å². The van der Waals surface area contributed by atoms with Crippen molar-refractivity contribution in [2.45, 2.75) is 6.54 Å². The molecule has 0 aliphatic carbocycles. The highest BCUT2D eigenvalue weighted by Gasteiger charge is 2.13. The predicted molar refractivity (Wildman–Crippen MR) is 93.0 cm³/mol. The summed E-state index contributed by atoms with van der Waals surface area (Å²) >= 11 is 5.76. The van der Waals surface area contributed by atoms with Crippen molar-refractivity contribution in [3.05, 3.63) is 64.7 Å². The third-order valence-corrected chi connectivity index (χ3v) is 3.46. The van der Waals surface area contributed by atoms with E-state index in [4.69, 9.17) is 22.1 Å². The first-order valence-electron chi connectivity index (χ1n) is 7.29. The highest BCUT2D eigenvalue weighted by Crippen LogP contribution is 2.19. The van der Waals surface area contributed by atoms with Crippen molar-refractivity contribution in [1.29, 1.82) is 0 Å². The second-order valence-corrected chi connectivity index (χ2v) is 5.44.